The first-order chi connectivity index (χ1) is 11.2. The van der Waals surface area contributed by atoms with E-state index in [1.54, 1.807) is 67.6 Å². The van der Waals surface area contributed by atoms with E-state index >= 15 is 0 Å². The highest BCUT2D eigenvalue weighted by Crippen LogP contribution is 2.10. The Bertz CT molecular complexity index is 777. The van der Waals surface area contributed by atoms with E-state index in [-0.39, 0.29) is 0 Å². The molecule has 2 amide bonds. The molecule has 3 rings (SSSR count). The first kappa shape index (κ1) is 14.6. The molecule has 0 radical (unpaired) electrons. The second kappa shape index (κ2) is 6.23. The van der Waals surface area contributed by atoms with Crippen LogP contribution in [-0.2, 0) is 0 Å². The van der Waals surface area contributed by atoms with Gasteiger partial charge in [-0.05, 0) is 36.4 Å². The topological polar surface area (TPSA) is 68.1 Å². The number of rotatable bonds is 3. The average molecular weight is 306 g/mol. The number of carbonyl (C=O) groups is 2. The fraction of sp³-hybridized carbons (Fsp3) is 0.0588. The van der Waals surface area contributed by atoms with Crippen molar-refractivity contribution in [1.29, 1.82) is 0 Å². The molecule has 0 unspecified atom stereocenters. The fourth-order valence-electron chi connectivity index (χ4n) is 2.12. The van der Waals surface area contributed by atoms with Crippen LogP contribution in [0.4, 0.5) is 0 Å². The monoisotopic (exact) mass is 306 g/mol. The van der Waals surface area contributed by atoms with Crippen LogP contribution < -0.4 is 5.01 Å². The van der Waals surface area contributed by atoms with Gasteiger partial charge in [-0.15, -0.1) is 9.89 Å². The molecule has 0 saturated carbocycles. The summed E-state index contributed by atoms with van der Waals surface area (Å²) in [5, 5.41) is 8.69. The van der Waals surface area contributed by atoms with E-state index in [1.165, 1.54) is 11.0 Å². The molecule has 2 aromatic carbocycles. The first-order valence-electron chi connectivity index (χ1n) is 7.05. The lowest BCUT2D eigenvalue weighted by atomic mass is 10.1. The molecule has 0 atom stereocenters. The Morgan fingerprint density at radius 3 is 1.74 bits per heavy atom. The number of benzene rings is 2. The fourth-order valence-corrected chi connectivity index (χ4v) is 2.12. The zero-order valence-electron chi connectivity index (χ0n) is 12.5. The molecule has 0 aliphatic carbocycles. The van der Waals surface area contributed by atoms with Gasteiger partial charge in [-0.2, -0.15) is 5.01 Å². The number of imide groups is 1. The van der Waals surface area contributed by atoms with Crippen LogP contribution in [0.15, 0.2) is 66.9 Å². The van der Waals surface area contributed by atoms with Crippen LogP contribution in [0.1, 0.15) is 26.4 Å². The number of nitrogens with zero attached hydrogens (tertiary/aromatic N) is 4. The number of hydrogen-bond acceptors (Lipinski definition) is 4. The number of aromatic nitrogens is 3. The van der Waals surface area contributed by atoms with Crippen molar-refractivity contribution in [2.24, 2.45) is 0 Å². The zero-order chi connectivity index (χ0) is 16.2. The molecule has 6 heteroatoms. The minimum absolute atomic E-state index is 0.393. The van der Waals surface area contributed by atoms with Crippen LogP contribution in [-0.4, -0.2) is 26.9 Å². The van der Waals surface area contributed by atoms with Gasteiger partial charge < -0.3 is 0 Å². The van der Waals surface area contributed by atoms with E-state index in [0.29, 0.717) is 16.8 Å². The molecule has 0 fully saturated rings. The molecule has 0 N–H and O–H groups in total. The quantitative estimate of drug-likeness (QED) is 0.696. The molecule has 0 aliphatic heterocycles. The summed E-state index contributed by atoms with van der Waals surface area (Å²) in [5.74, 6) is -0.936. The maximum atomic E-state index is 12.8. The van der Waals surface area contributed by atoms with E-state index < -0.39 is 11.8 Å². The van der Waals surface area contributed by atoms with Crippen molar-refractivity contribution in [2.75, 3.05) is 5.01 Å². The smallest absolute Gasteiger partial charge is 0.267 e. The van der Waals surface area contributed by atoms with E-state index in [4.69, 9.17) is 0 Å². The van der Waals surface area contributed by atoms with Gasteiger partial charge in [-0.1, -0.05) is 36.4 Å². The Hall–Kier alpha value is -3.28. The molecule has 3 aromatic rings. The summed E-state index contributed by atoms with van der Waals surface area (Å²) in [6, 6.07) is 17.2. The van der Waals surface area contributed by atoms with Crippen molar-refractivity contribution in [3.05, 3.63) is 83.7 Å². The lowest BCUT2D eigenvalue weighted by Gasteiger charge is -2.19. The number of carbonyl (C=O) groups excluding carboxylic acids is 2. The Kier molecular flexibility index (Phi) is 3.97. The third kappa shape index (κ3) is 3.01. The molecule has 23 heavy (non-hydrogen) atoms. The Labute approximate surface area is 132 Å². The minimum atomic E-state index is -0.468. The van der Waals surface area contributed by atoms with Gasteiger partial charge in [-0.3, -0.25) is 9.59 Å². The predicted molar refractivity (Wildman–Crippen MR) is 84.5 cm³/mol. The maximum Gasteiger partial charge on any atom is 0.281 e. The third-order valence-corrected chi connectivity index (χ3v) is 3.23. The van der Waals surface area contributed by atoms with Crippen LogP contribution in [0.2, 0.25) is 0 Å². The lowest BCUT2D eigenvalue weighted by Crippen LogP contribution is -2.46. The molecular formula is C17H14N4O2. The SMILES string of the molecule is Cc1cn(N(C(=O)c2ccccc2)C(=O)c2ccccc2)nn1. The summed E-state index contributed by atoms with van der Waals surface area (Å²) in [7, 11) is 0. The Morgan fingerprint density at radius 1 is 0.870 bits per heavy atom. The molecule has 114 valence electrons. The molecule has 0 bridgehead atoms. The molecule has 0 saturated heterocycles. The summed E-state index contributed by atoms with van der Waals surface area (Å²) in [4.78, 5) is 26.7. The van der Waals surface area contributed by atoms with Crippen molar-refractivity contribution in [3.63, 3.8) is 0 Å². The van der Waals surface area contributed by atoms with E-state index in [9.17, 15) is 9.59 Å². The van der Waals surface area contributed by atoms with Gasteiger partial charge in [0, 0.05) is 11.1 Å². The summed E-state index contributed by atoms with van der Waals surface area (Å²) in [6.07, 6.45) is 1.53. The highest BCUT2D eigenvalue weighted by Gasteiger charge is 2.27. The van der Waals surface area contributed by atoms with E-state index in [2.05, 4.69) is 10.3 Å². The molecular weight excluding hydrogens is 292 g/mol. The number of hydrogen-bond donors (Lipinski definition) is 0. The molecule has 0 aliphatic rings. The van der Waals surface area contributed by atoms with Gasteiger partial charge >= 0.3 is 0 Å². The van der Waals surface area contributed by atoms with Gasteiger partial charge in [0.2, 0.25) is 0 Å². The van der Waals surface area contributed by atoms with Gasteiger partial charge in [-0.25, -0.2) is 0 Å². The van der Waals surface area contributed by atoms with E-state index in [1.807, 2.05) is 0 Å². The largest absolute Gasteiger partial charge is 0.281 e. The van der Waals surface area contributed by atoms with Crippen molar-refractivity contribution in [2.45, 2.75) is 6.92 Å². The maximum absolute atomic E-state index is 12.8. The van der Waals surface area contributed by atoms with Crippen LogP contribution in [0.25, 0.3) is 0 Å². The van der Waals surface area contributed by atoms with Gasteiger partial charge in [0.1, 0.15) is 0 Å². The Balaban J connectivity index is 2.04. The van der Waals surface area contributed by atoms with Gasteiger partial charge in [0.05, 0.1) is 11.9 Å². The third-order valence-electron chi connectivity index (χ3n) is 3.23. The normalized spacial score (nSPS) is 10.3. The molecule has 1 aromatic heterocycles. The van der Waals surface area contributed by atoms with Gasteiger partial charge in [0.15, 0.2) is 0 Å². The zero-order valence-corrected chi connectivity index (χ0v) is 12.5. The molecule has 6 nitrogen and oxygen atoms in total. The average Bonchev–Trinajstić information content (AvgIpc) is 3.02. The van der Waals surface area contributed by atoms with Crippen LogP contribution in [0.3, 0.4) is 0 Å². The second-order valence-electron chi connectivity index (χ2n) is 4.93. The Morgan fingerprint density at radius 2 is 1.35 bits per heavy atom. The summed E-state index contributed by atoms with van der Waals surface area (Å²) in [6.45, 7) is 1.74. The predicted octanol–water partition coefficient (Wildman–Crippen LogP) is 2.21. The highest BCUT2D eigenvalue weighted by atomic mass is 16.2. The van der Waals surface area contributed by atoms with Crippen LogP contribution in [0, 0.1) is 6.92 Å². The molecule has 0 spiro atoms. The van der Waals surface area contributed by atoms with Gasteiger partial charge in [0.25, 0.3) is 11.8 Å². The van der Waals surface area contributed by atoms with Crippen LogP contribution in [0.5, 0.6) is 0 Å². The summed E-state index contributed by atoms with van der Waals surface area (Å²) >= 11 is 0. The van der Waals surface area contributed by atoms with Crippen LogP contribution >= 0.6 is 0 Å². The van der Waals surface area contributed by atoms with Crippen molar-refractivity contribution >= 4 is 11.8 Å². The highest BCUT2D eigenvalue weighted by molar-refractivity contribution is 6.20. The van der Waals surface area contributed by atoms with Crippen molar-refractivity contribution in [3.8, 4) is 0 Å². The van der Waals surface area contributed by atoms with Crippen molar-refractivity contribution < 1.29 is 9.59 Å². The summed E-state index contributed by atoms with van der Waals surface area (Å²) in [5.41, 5.74) is 1.39. The summed E-state index contributed by atoms with van der Waals surface area (Å²) < 4.78 is 0. The lowest BCUT2D eigenvalue weighted by molar-refractivity contribution is 0.0848. The molecule has 1 heterocycles. The number of amides is 2. The standard InChI is InChI=1S/C17H14N4O2/c1-13-12-20(19-18-13)21(16(22)14-8-4-2-5-9-14)17(23)15-10-6-3-7-11-15/h2-12H,1H3. The van der Waals surface area contributed by atoms with Crippen molar-refractivity contribution in [1.82, 2.24) is 15.1 Å². The first-order valence-corrected chi connectivity index (χ1v) is 7.05. The number of aryl methyl sites for hydroxylation is 1. The second-order valence-corrected chi connectivity index (χ2v) is 4.93. The minimum Gasteiger partial charge on any atom is -0.267 e. The van der Waals surface area contributed by atoms with E-state index in [0.717, 1.165) is 5.01 Å².